The standard InChI is InChI=1S/C16H21N5O/c1-19-12-14(11-18-19)13-20-7-2-8-21(10-9-20)16(22)15-3-5-17-6-4-15/h3-6,11-12H,2,7-10,13H2,1H3. The van der Waals surface area contributed by atoms with Crippen LogP contribution in [0.15, 0.2) is 36.9 Å². The third-order valence-corrected chi connectivity index (χ3v) is 3.97. The Bertz CT molecular complexity index is 624. The smallest absolute Gasteiger partial charge is 0.254 e. The van der Waals surface area contributed by atoms with Crippen LogP contribution in [0.3, 0.4) is 0 Å². The van der Waals surface area contributed by atoms with Crippen molar-refractivity contribution < 1.29 is 4.79 Å². The van der Waals surface area contributed by atoms with Crippen molar-refractivity contribution in [3.8, 4) is 0 Å². The number of hydrogen-bond acceptors (Lipinski definition) is 4. The predicted octanol–water partition coefficient (Wildman–Crippen LogP) is 1.16. The van der Waals surface area contributed by atoms with Crippen LogP contribution in [-0.2, 0) is 13.6 Å². The summed E-state index contributed by atoms with van der Waals surface area (Å²) in [6, 6.07) is 3.56. The first-order valence-electron chi connectivity index (χ1n) is 7.61. The summed E-state index contributed by atoms with van der Waals surface area (Å²) in [5.74, 6) is 0.102. The van der Waals surface area contributed by atoms with Crippen LogP contribution in [0.25, 0.3) is 0 Å². The predicted molar refractivity (Wildman–Crippen MR) is 83.2 cm³/mol. The summed E-state index contributed by atoms with van der Waals surface area (Å²) >= 11 is 0. The van der Waals surface area contributed by atoms with Gasteiger partial charge >= 0.3 is 0 Å². The number of aromatic nitrogens is 3. The molecule has 1 fully saturated rings. The minimum atomic E-state index is 0.102. The van der Waals surface area contributed by atoms with E-state index in [-0.39, 0.29) is 5.91 Å². The number of hydrogen-bond donors (Lipinski definition) is 0. The van der Waals surface area contributed by atoms with Gasteiger partial charge in [-0.2, -0.15) is 5.10 Å². The SMILES string of the molecule is Cn1cc(CN2CCCN(C(=O)c3ccncc3)CC2)cn1. The molecule has 2 aromatic heterocycles. The third kappa shape index (κ3) is 3.51. The molecule has 6 nitrogen and oxygen atoms in total. The van der Waals surface area contributed by atoms with Crippen LogP contribution in [0.4, 0.5) is 0 Å². The van der Waals surface area contributed by atoms with Crippen LogP contribution in [-0.4, -0.2) is 56.7 Å². The van der Waals surface area contributed by atoms with Gasteiger partial charge in [-0.15, -0.1) is 0 Å². The van der Waals surface area contributed by atoms with Crippen LogP contribution in [0.2, 0.25) is 0 Å². The summed E-state index contributed by atoms with van der Waals surface area (Å²) in [6.45, 7) is 4.37. The van der Waals surface area contributed by atoms with E-state index in [4.69, 9.17) is 0 Å². The molecule has 0 spiro atoms. The lowest BCUT2D eigenvalue weighted by molar-refractivity contribution is 0.0761. The summed E-state index contributed by atoms with van der Waals surface area (Å²) in [7, 11) is 1.93. The normalized spacial score (nSPS) is 16.5. The maximum Gasteiger partial charge on any atom is 0.254 e. The molecular weight excluding hydrogens is 278 g/mol. The highest BCUT2D eigenvalue weighted by atomic mass is 16.2. The van der Waals surface area contributed by atoms with Crippen molar-refractivity contribution in [3.63, 3.8) is 0 Å². The van der Waals surface area contributed by atoms with Gasteiger partial charge in [-0.25, -0.2) is 0 Å². The molecule has 0 saturated carbocycles. The molecule has 1 amide bonds. The van der Waals surface area contributed by atoms with Gasteiger partial charge in [0.1, 0.15) is 0 Å². The lowest BCUT2D eigenvalue weighted by Crippen LogP contribution is -2.35. The Balaban J connectivity index is 1.59. The van der Waals surface area contributed by atoms with Gasteiger partial charge in [-0.1, -0.05) is 0 Å². The monoisotopic (exact) mass is 299 g/mol. The molecule has 3 rings (SSSR count). The molecule has 0 N–H and O–H groups in total. The molecular formula is C16H21N5O. The highest BCUT2D eigenvalue weighted by Gasteiger charge is 2.20. The van der Waals surface area contributed by atoms with Crippen LogP contribution in [0.1, 0.15) is 22.3 Å². The maximum absolute atomic E-state index is 12.5. The third-order valence-electron chi connectivity index (χ3n) is 3.97. The molecule has 0 aromatic carbocycles. The quantitative estimate of drug-likeness (QED) is 0.853. The highest BCUT2D eigenvalue weighted by Crippen LogP contribution is 2.11. The summed E-state index contributed by atoms with van der Waals surface area (Å²) in [5, 5.41) is 4.21. The van der Waals surface area contributed by atoms with Gasteiger partial charge in [0.05, 0.1) is 6.20 Å². The zero-order chi connectivity index (χ0) is 15.4. The van der Waals surface area contributed by atoms with E-state index < -0.39 is 0 Å². The van der Waals surface area contributed by atoms with Crippen LogP contribution < -0.4 is 0 Å². The number of carbonyl (C=O) groups excluding carboxylic acids is 1. The second-order valence-corrected chi connectivity index (χ2v) is 5.68. The molecule has 22 heavy (non-hydrogen) atoms. The van der Waals surface area contributed by atoms with Crippen molar-refractivity contribution in [1.29, 1.82) is 0 Å². The van der Waals surface area contributed by atoms with Crippen molar-refractivity contribution in [3.05, 3.63) is 48.0 Å². The number of carbonyl (C=O) groups is 1. The van der Waals surface area contributed by atoms with Crippen molar-refractivity contribution in [2.24, 2.45) is 7.05 Å². The van der Waals surface area contributed by atoms with E-state index in [9.17, 15) is 4.79 Å². The Labute approximate surface area is 130 Å². The van der Waals surface area contributed by atoms with E-state index in [2.05, 4.69) is 15.0 Å². The minimum Gasteiger partial charge on any atom is -0.337 e. The van der Waals surface area contributed by atoms with Gasteiger partial charge in [0.2, 0.25) is 0 Å². The molecule has 0 aliphatic carbocycles. The van der Waals surface area contributed by atoms with Gasteiger partial charge in [0.25, 0.3) is 5.91 Å². The molecule has 2 aromatic rings. The van der Waals surface area contributed by atoms with Gasteiger partial charge < -0.3 is 4.90 Å². The number of aryl methyl sites for hydroxylation is 1. The summed E-state index contributed by atoms with van der Waals surface area (Å²) < 4.78 is 1.83. The second-order valence-electron chi connectivity index (χ2n) is 5.68. The maximum atomic E-state index is 12.5. The largest absolute Gasteiger partial charge is 0.337 e. The molecule has 1 aliphatic heterocycles. The van der Waals surface area contributed by atoms with E-state index in [0.29, 0.717) is 0 Å². The van der Waals surface area contributed by atoms with Gasteiger partial charge in [0, 0.05) is 69.5 Å². The minimum absolute atomic E-state index is 0.102. The van der Waals surface area contributed by atoms with Gasteiger partial charge in [-0.3, -0.25) is 19.4 Å². The molecule has 116 valence electrons. The molecule has 0 radical (unpaired) electrons. The zero-order valence-corrected chi connectivity index (χ0v) is 12.9. The Morgan fingerprint density at radius 2 is 2.00 bits per heavy atom. The topological polar surface area (TPSA) is 54.3 Å². The molecule has 6 heteroatoms. The first kappa shape index (κ1) is 14.7. The fourth-order valence-electron chi connectivity index (χ4n) is 2.82. The number of nitrogens with zero attached hydrogens (tertiary/aromatic N) is 5. The van der Waals surface area contributed by atoms with Crippen LogP contribution >= 0.6 is 0 Å². The molecule has 0 unspecified atom stereocenters. The number of amides is 1. The Kier molecular flexibility index (Phi) is 4.48. The average molecular weight is 299 g/mol. The average Bonchev–Trinajstić information content (AvgIpc) is 2.81. The summed E-state index contributed by atoms with van der Waals surface area (Å²) in [5.41, 5.74) is 1.94. The highest BCUT2D eigenvalue weighted by molar-refractivity contribution is 5.94. The molecule has 0 bridgehead atoms. The molecule has 1 aliphatic rings. The van der Waals surface area contributed by atoms with Crippen molar-refractivity contribution in [1.82, 2.24) is 24.6 Å². The van der Waals surface area contributed by atoms with Crippen molar-refractivity contribution in [2.45, 2.75) is 13.0 Å². The van der Waals surface area contributed by atoms with Gasteiger partial charge in [0.15, 0.2) is 0 Å². The Morgan fingerprint density at radius 3 is 2.73 bits per heavy atom. The lowest BCUT2D eigenvalue weighted by atomic mass is 10.2. The molecule has 3 heterocycles. The molecule has 1 saturated heterocycles. The fourth-order valence-corrected chi connectivity index (χ4v) is 2.82. The molecule has 0 atom stereocenters. The first-order valence-corrected chi connectivity index (χ1v) is 7.61. The summed E-state index contributed by atoms with van der Waals surface area (Å²) in [4.78, 5) is 20.8. The van der Waals surface area contributed by atoms with Gasteiger partial charge in [-0.05, 0) is 18.6 Å². The van der Waals surface area contributed by atoms with Crippen molar-refractivity contribution >= 4 is 5.91 Å². The zero-order valence-electron chi connectivity index (χ0n) is 12.9. The fraction of sp³-hybridized carbons (Fsp3) is 0.438. The van der Waals surface area contributed by atoms with E-state index in [0.717, 1.165) is 44.7 Å². The second kappa shape index (κ2) is 6.70. The van der Waals surface area contributed by atoms with Crippen LogP contribution in [0, 0.1) is 0 Å². The van der Waals surface area contributed by atoms with E-state index in [1.165, 1.54) is 5.56 Å². The Hall–Kier alpha value is -2.21. The lowest BCUT2D eigenvalue weighted by Gasteiger charge is -2.21. The van der Waals surface area contributed by atoms with Crippen LogP contribution in [0.5, 0.6) is 0 Å². The van der Waals surface area contributed by atoms with Crippen molar-refractivity contribution in [2.75, 3.05) is 26.2 Å². The van der Waals surface area contributed by atoms with E-state index >= 15 is 0 Å². The number of rotatable bonds is 3. The summed E-state index contributed by atoms with van der Waals surface area (Å²) in [6.07, 6.45) is 8.28. The number of pyridine rings is 1. The van der Waals surface area contributed by atoms with E-state index in [1.807, 2.05) is 29.0 Å². The van der Waals surface area contributed by atoms with E-state index in [1.54, 1.807) is 24.5 Å². The Morgan fingerprint density at radius 1 is 1.18 bits per heavy atom. The first-order chi connectivity index (χ1) is 10.7.